The highest BCUT2D eigenvalue weighted by Gasteiger charge is 2.54. The summed E-state index contributed by atoms with van der Waals surface area (Å²) in [5.41, 5.74) is 3.64. The molecule has 1 saturated heterocycles. The molecule has 1 aliphatic carbocycles. The van der Waals surface area contributed by atoms with Crippen molar-refractivity contribution in [3.8, 4) is 22.6 Å². The van der Waals surface area contributed by atoms with Crippen molar-refractivity contribution in [3.05, 3.63) is 83.2 Å². The molecular formula is C29H27FN2O4. The van der Waals surface area contributed by atoms with E-state index in [9.17, 15) is 14.0 Å². The second-order valence-corrected chi connectivity index (χ2v) is 9.78. The lowest BCUT2D eigenvalue weighted by Crippen LogP contribution is -2.45. The predicted molar refractivity (Wildman–Crippen MR) is 133 cm³/mol. The Kier molecular flexibility index (Phi) is 5.63. The molecule has 6 rings (SSSR count). The molecule has 0 spiro atoms. The third kappa shape index (κ3) is 4.08. The van der Waals surface area contributed by atoms with Crippen LogP contribution in [-0.2, 0) is 0 Å². The van der Waals surface area contributed by atoms with Gasteiger partial charge in [-0.25, -0.2) is 4.39 Å². The molecule has 2 heterocycles. The van der Waals surface area contributed by atoms with E-state index >= 15 is 0 Å². The summed E-state index contributed by atoms with van der Waals surface area (Å²) in [6.45, 7) is 3.88. The number of nitrogens with one attached hydrogen (secondary N) is 1. The van der Waals surface area contributed by atoms with Crippen LogP contribution >= 0.6 is 0 Å². The number of halogens is 1. The van der Waals surface area contributed by atoms with E-state index in [0.29, 0.717) is 60.8 Å². The van der Waals surface area contributed by atoms with Gasteiger partial charge in [0.1, 0.15) is 19.0 Å². The van der Waals surface area contributed by atoms with E-state index in [4.69, 9.17) is 9.47 Å². The molecule has 184 valence electrons. The lowest BCUT2D eigenvalue weighted by molar-refractivity contribution is 0.0695. The van der Waals surface area contributed by atoms with Crippen LogP contribution < -0.4 is 14.8 Å². The van der Waals surface area contributed by atoms with Gasteiger partial charge in [-0.15, -0.1) is 0 Å². The summed E-state index contributed by atoms with van der Waals surface area (Å²) >= 11 is 0. The van der Waals surface area contributed by atoms with Crippen LogP contribution in [0.5, 0.6) is 11.5 Å². The zero-order chi connectivity index (χ0) is 24.8. The summed E-state index contributed by atoms with van der Waals surface area (Å²) in [7, 11) is 0. The summed E-state index contributed by atoms with van der Waals surface area (Å²) < 4.78 is 24.8. The van der Waals surface area contributed by atoms with Gasteiger partial charge in [-0.3, -0.25) is 9.59 Å². The van der Waals surface area contributed by atoms with Crippen LogP contribution in [0.2, 0.25) is 0 Å². The number of amides is 2. The Hall–Kier alpha value is -3.87. The fraction of sp³-hybridized carbons (Fsp3) is 0.310. The van der Waals surface area contributed by atoms with Gasteiger partial charge in [0.25, 0.3) is 11.8 Å². The molecule has 7 heteroatoms. The van der Waals surface area contributed by atoms with E-state index < -0.39 is 0 Å². The largest absolute Gasteiger partial charge is 0.486 e. The summed E-state index contributed by atoms with van der Waals surface area (Å²) in [5.74, 6) is 1.28. The molecule has 2 amide bonds. The number of hydrogen-bond donors (Lipinski definition) is 1. The molecule has 2 fully saturated rings. The summed E-state index contributed by atoms with van der Waals surface area (Å²) in [6.07, 6.45) is 1.07. The van der Waals surface area contributed by atoms with Crippen LogP contribution in [0.15, 0.2) is 60.7 Å². The van der Waals surface area contributed by atoms with Gasteiger partial charge in [0, 0.05) is 18.7 Å². The summed E-state index contributed by atoms with van der Waals surface area (Å²) in [4.78, 5) is 28.8. The van der Waals surface area contributed by atoms with Gasteiger partial charge >= 0.3 is 0 Å². The van der Waals surface area contributed by atoms with E-state index in [1.165, 1.54) is 12.1 Å². The van der Waals surface area contributed by atoms with E-state index in [2.05, 4.69) is 5.32 Å². The quantitative estimate of drug-likeness (QED) is 0.578. The maximum Gasteiger partial charge on any atom is 0.255 e. The number of piperidine rings is 1. The number of carbonyl (C=O) groups is 2. The fourth-order valence-electron chi connectivity index (χ4n) is 5.48. The number of rotatable bonds is 5. The van der Waals surface area contributed by atoms with Gasteiger partial charge in [-0.1, -0.05) is 35.9 Å². The number of ether oxygens (including phenoxy) is 2. The standard InChI is InChI=1S/C29H27FN2O4/c1-17-5-10-21(23(13-17)18-6-8-20(30)9-7-18)29(34)32-16-19-14-24(19)25(32)15-31-28(33)22-3-2-4-26-27(22)36-12-11-35-26/h2-10,13,19,24-25H,11-12,14-16H2,1H3,(H,31,33)/t19-,24-,25-/m1/s1. The molecule has 3 aliphatic rings. The highest BCUT2D eigenvalue weighted by atomic mass is 19.1. The number of nitrogens with zero attached hydrogens (tertiary/aromatic N) is 1. The van der Waals surface area contributed by atoms with Gasteiger partial charge < -0.3 is 19.7 Å². The Labute approximate surface area is 209 Å². The number of carbonyl (C=O) groups excluding carboxylic acids is 2. The molecule has 3 atom stereocenters. The lowest BCUT2D eigenvalue weighted by atomic mass is 9.96. The first-order chi connectivity index (χ1) is 17.5. The smallest absolute Gasteiger partial charge is 0.255 e. The predicted octanol–water partition coefficient (Wildman–Crippen LogP) is 4.46. The van der Waals surface area contributed by atoms with Gasteiger partial charge in [-0.2, -0.15) is 0 Å². The van der Waals surface area contributed by atoms with Gasteiger partial charge in [0.05, 0.1) is 11.6 Å². The molecule has 0 unspecified atom stereocenters. The molecular weight excluding hydrogens is 459 g/mol. The van der Waals surface area contributed by atoms with Crippen molar-refractivity contribution in [1.82, 2.24) is 10.2 Å². The average molecular weight is 487 g/mol. The number of fused-ring (bicyclic) bond motifs is 2. The molecule has 2 aliphatic heterocycles. The summed E-state index contributed by atoms with van der Waals surface area (Å²) in [5, 5.41) is 3.04. The van der Waals surface area contributed by atoms with E-state index in [1.54, 1.807) is 30.3 Å². The highest BCUT2D eigenvalue weighted by Crippen LogP contribution is 2.50. The Bertz CT molecular complexity index is 1340. The van der Waals surface area contributed by atoms with Crippen molar-refractivity contribution in [2.75, 3.05) is 26.3 Å². The summed E-state index contributed by atoms with van der Waals surface area (Å²) in [6, 6.07) is 17.2. The molecule has 1 N–H and O–H groups in total. The minimum Gasteiger partial charge on any atom is -0.486 e. The average Bonchev–Trinajstić information content (AvgIpc) is 3.58. The Balaban J connectivity index is 1.23. The van der Waals surface area contributed by atoms with Crippen molar-refractivity contribution < 1.29 is 23.5 Å². The van der Waals surface area contributed by atoms with E-state index in [-0.39, 0.29) is 23.7 Å². The van der Waals surface area contributed by atoms with E-state index in [1.807, 2.05) is 30.0 Å². The fourth-order valence-corrected chi connectivity index (χ4v) is 5.48. The maximum absolute atomic E-state index is 13.8. The van der Waals surface area contributed by atoms with Gasteiger partial charge in [-0.05, 0) is 66.6 Å². The van der Waals surface area contributed by atoms with Crippen molar-refractivity contribution in [3.63, 3.8) is 0 Å². The molecule has 3 aromatic carbocycles. The van der Waals surface area contributed by atoms with Crippen molar-refractivity contribution in [2.45, 2.75) is 19.4 Å². The third-order valence-electron chi connectivity index (χ3n) is 7.41. The third-order valence-corrected chi connectivity index (χ3v) is 7.41. The second-order valence-electron chi connectivity index (χ2n) is 9.78. The first-order valence-corrected chi connectivity index (χ1v) is 12.3. The van der Waals surface area contributed by atoms with Crippen LogP contribution in [0.25, 0.3) is 11.1 Å². The van der Waals surface area contributed by atoms with Gasteiger partial charge in [0.15, 0.2) is 11.5 Å². The van der Waals surface area contributed by atoms with Crippen LogP contribution in [0.1, 0.15) is 32.7 Å². The molecule has 0 bridgehead atoms. The second kappa shape index (κ2) is 8.97. The van der Waals surface area contributed by atoms with Crippen LogP contribution in [-0.4, -0.2) is 49.1 Å². The first kappa shape index (κ1) is 22.6. The van der Waals surface area contributed by atoms with Crippen molar-refractivity contribution in [1.29, 1.82) is 0 Å². The molecule has 6 nitrogen and oxygen atoms in total. The molecule has 36 heavy (non-hydrogen) atoms. The maximum atomic E-state index is 13.8. The SMILES string of the molecule is Cc1ccc(C(=O)N2C[C@H]3C[C@H]3[C@H]2CNC(=O)c2cccc3c2OCCO3)c(-c2ccc(F)cc2)c1. The minimum atomic E-state index is -0.314. The Morgan fingerprint density at radius 3 is 2.67 bits per heavy atom. The number of aryl methyl sites for hydroxylation is 1. The number of para-hydroxylation sites is 1. The van der Waals surface area contributed by atoms with Crippen molar-refractivity contribution >= 4 is 11.8 Å². The van der Waals surface area contributed by atoms with Crippen LogP contribution in [0.3, 0.4) is 0 Å². The minimum absolute atomic E-state index is 0.0606. The first-order valence-electron chi connectivity index (χ1n) is 12.3. The lowest BCUT2D eigenvalue weighted by Gasteiger charge is -2.29. The Morgan fingerprint density at radius 1 is 1.03 bits per heavy atom. The van der Waals surface area contributed by atoms with Crippen LogP contribution in [0.4, 0.5) is 4.39 Å². The topological polar surface area (TPSA) is 67.9 Å². The zero-order valence-electron chi connectivity index (χ0n) is 20.0. The molecule has 1 saturated carbocycles. The molecule has 0 aromatic heterocycles. The Morgan fingerprint density at radius 2 is 1.83 bits per heavy atom. The monoisotopic (exact) mass is 486 g/mol. The van der Waals surface area contributed by atoms with Crippen molar-refractivity contribution in [2.24, 2.45) is 11.8 Å². The van der Waals surface area contributed by atoms with Gasteiger partial charge in [0.2, 0.25) is 0 Å². The normalized spacial score (nSPS) is 21.6. The number of likely N-dealkylation sites (tertiary alicyclic amines) is 1. The van der Waals surface area contributed by atoms with E-state index in [0.717, 1.165) is 23.1 Å². The molecule has 3 aromatic rings. The molecule has 0 radical (unpaired) electrons. The zero-order valence-corrected chi connectivity index (χ0v) is 20.0. The number of benzene rings is 3. The van der Waals surface area contributed by atoms with Crippen LogP contribution in [0, 0.1) is 24.6 Å². The highest BCUT2D eigenvalue weighted by molar-refractivity contribution is 6.02. The number of hydrogen-bond acceptors (Lipinski definition) is 4.